The van der Waals surface area contributed by atoms with Gasteiger partial charge in [-0.05, 0) is 39.8 Å². The SMILES string of the molecule is CCCC(C)N(C)CC(=O)c1ccc(C)cc1C. The quantitative estimate of drug-likeness (QED) is 0.716. The number of ketones is 1. The molecule has 100 valence electrons. The van der Waals surface area contributed by atoms with Gasteiger partial charge in [0.2, 0.25) is 0 Å². The number of rotatable bonds is 6. The van der Waals surface area contributed by atoms with Crippen molar-refractivity contribution in [2.24, 2.45) is 0 Å². The predicted octanol–water partition coefficient (Wildman–Crippen LogP) is 3.61. The number of nitrogens with zero attached hydrogens (tertiary/aromatic N) is 1. The van der Waals surface area contributed by atoms with E-state index in [0.29, 0.717) is 12.6 Å². The number of likely N-dealkylation sites (N-methyl/N-ethyl adjacent to an activating group) is 1. The van der Waals surface area contributed by atoms with Gasteiger partial charge in [-0.3, -0.25) is 9.69 Å². The van der Waals surface area contributed by atoms with E-state index in [1.807, 2.05) is 26.1 Å². The van der Waals surface area contributed by atoms with Gasteiger partial charge in [0.1, 0.15) is 0 Å². The number of carbonyl (C=O) groups excluding carboxylic acids is 1. The number of hydrogen-bond acceptors (Lipinski definition) is 2. The lowest BCUT2D eigenvalue weighted by molar-refractivity contribution is 0.0920. The molecule has 0 amide bonds. The van der Waals surface area contributed by atoms with Gasteiger partial charge in [-0.1, -0.05) is 37.1 Å². The molecule has 2 heteroatoms. The molecule has 0 spiro atoms. The average molecular weight is 247 g/mol. The van der Waals surface area contributed by atoms with E-state index in [1.165, 1.54) is 5.56 Å². The second kappa shape index (κ2) is 6.69. The van der Waals surface area contributed by atoms with Crippen molar-refractivity contribution in [3.05, 3.63) is 34.9 Å². The van der Waals surface area contributed by atoms with Crippen LogP contribution in [0.5, 0.6) is 0 Å². The molecule has 0 fully saturated rings. The van der Waals surface area contributed by atoms with Crippen molar-refractivity contribution in [1.82, 2.24) is 4.90 Å². The second-order valence-corrected chi connectivity index (χ2v) is 5.29. The van der Waals surface area contributed by atoms with Gasteiger partial charge >= 0.3 is 0 Å². The lowest BCUT2D eigenvalue weighted by Gasteiger charge is -2.23. The summed E-state index contributed by atoms with van der Waals surface area (Å²) in [6.07, 6.45) is 2.29. The summed E-state index contributed by atoms with van der Waals surface area (Å²) in [5.41, 5.74) is 3.14. The Morgan fingerprint density at radius 3 is 2.56 bits per heavy atom. The number of benzene rings is 1. The molecule has 0 radical (unpaired) electrons. The Morgan fingerprint density at radius 1 is 1.33 bits per heavy atom. The van der Waals surface area contributed by atoms with Crippen molar-refractivity contribution in [2.45, 2.75) is 46.6 Å². The molecule has 0 N–H and O–H groups in total. The molecule has 1 aromatic carbocycles. The van der Waals surface area contributed by atoms with Gasteiger partial charge in [-0.25, -0.2) is 0 Å². The smallest absolute Gasteiger partial charge is 0.177 e. The van der Waals surface area contributed by atoms with Gasteiger partial charge in [-0.15, -0.1) is 0 Å². The second-order valence-electron chi connectivity index (χ2n) is 5.29. The molecule has 0 aliphatic carbocycles. The van der Waals surface area contributed by atoms with Gasteiger partial charge in [0.15, 0.2) is 5.78 Å². The molecule has 0 saturated heterocycles. The molecule has 0 aliphatic rings. The standard InChI is InChI=1S/C16H25NO/c1-6-7-14(4)17(5)11-16(18)15-9-8-12(2)10-13(15)3/h8-10,14H,6-7,11H2,1-5H3. The van der Waals surface area contributed by atoms with E-state index in [1.54, 1.807) is 0 Å². The molecular formula is C16H25NO. The van der Waals surface area contributed by atoms with Crippen LogP contribution in [0.1, 0.15) is 48.2 Å². The van der Waals surface area contributed by atoms with Crippen molar-refractivity contribution < 1.29 is 4.79 Å². The van der Waals surface area contributed by atoms with Crippen LogP contribution in [0.3, 0.4) is 0 Å². The first-order chi connectivity index (χ1) is 8.45. The summed E-state index contributed by atoms with van der Waals surface area (Å²) in [7, 11) is 2.03. The topological polar surface area (TPSA) is 20.3 Å². The van der Waals surface area contributed by atoms with Crippen LogP contribution < -0.4 is 0 Å². The summed E-state index contributed by atoms with van der Waals surface area (Å²) in [5, 5.41) is 0. The highest BCUT2D eigenvalue weighted by Crippen LogP contribution is 2.13. The molecule has 18 heavy (non-hydrogen) atoms. The molecule has 1 aromatic rings. The first-order valence-electron chi connectivity index (χ1n) is 6.76. The lowest BCUT2D eigenvalue weighted by atomic mass is 10.0. The van der Waals surface area contributed by atoms with Crippen LogP contribution in [-0.4, -0.2) is 30.3 Å². The highest BCUT2D eigenvalue weighted by molar-refractivity contribution is 5.98. The summed E-state index contributed by atoms with van der Waals surface area (Å²) >= 11 is 0. The highest BCUT2D eigenvalue weighted by Gasteiger charge is 2.15. The van der Waals surface area contributed by atoms with Crippen molar-refractivity contribution in [3.8, 4) is 0 Å². The molecule has 0 aromatic heterocycles. The zero-order chi connectivity index (χ0) is 13.7. The molecule has 0 aliphatic heterocycles. The fourth-order valence-corrected chi connectivity index (χ4v) is 2.23. The fraction of sp³-hybridized carbons (Fsp3) is 0.562. The molecule has 2 nitrogen and oxygen atoms in total. The largest absolute Gasteiger partial charge is 0.296 e. The third-order valence-corrected chi connectivity index (χ3v) is 3.53. The van der Waals surface area contributed by atoms with Crippen LogP contribution in [0.15, 0.2) is 18.2 Å². The lowest BCUT2D eigenvalue weighted by Crippen LogP contribution is -2.34. The van der Waals surface area contributed by atoms with E-state index in [4.69, 9.17) is 0 Å². The maximum absolute atomic E-state index is 12.3. The van der Waals surface area contributed by atoms with Crippen LogP contribution in [0.4, 0.5) is 0 Å². The Morgan fingerprint density at radius 2 is 2.00 bits per heavy atom. The number of aryl methyl sites for hydroxylation is 2. The van der Waals surface area contributed by atoms with Gasteiger partial charge in [0, 0.05) is 11.6 Å². The summed E-state index contributed by atoms with van der Waals surface area (Å²) in [4.78, 5) is 14.4. The van der Waals surface area contributed by atoms with E-state index in [2.05, 4.69) is 31.7 Å². The Labute approximate surface area is 111 Å². The fourth-order valence-electron chi connectivity index (χ4n) is 2.23. The van der Waals surface area contributed by atoms with Crippen molar-refractivity contribution in [1.29, 1.82) is 0 Å². The van der Waals surface area contributed by atoms with E-state index >= 15 is 0 Å². The van der Waals surface area contributed by atoms with Crippen molar-refractivity contribution in [2.75, 3.05) is 13.6 Å². The Balaban J connectivity index is 2.70. The van der Waals surface area contributed by atoms with Crippen molar-refractivity contribution in [3.63, 3.8) is 0 Å². The first-order valence-corrected chi connectivity index (χ1v) is 6.76. The van der Waals surface area contributed by atoms with Crippen LogP contribution in [0, 0.1) is 13.8 Å². The molecule has 0 heterocycles. The summed E-state index contributed by atoms with van der Waals surface area (Å²) < 4.78 is 0. The van der Waals surface area contributed by atoms with Crippen molar-refractivity contribution >= 4 is 5.78 Å². The Bertz CT molecular complexity index is 412. The normalized spacial score (nSPS) is 12.8. The molecule has 1 atom stereocenters. The summed E-state index contributed by atoms with van der Waals surface area (Å²) in [6.45, 7) is 8.92. The Kier molecular flexibility index (Phi) is 5.54. The molecule has 1 rings (SSSR count). The maximum Gasteiger partial charge on any atom is 0.177 e. The van der Waals surface area contributed by atoms with E-state index in [9.17, 15) is 4.79 Å². The minimum absolute atomic E-state index is 0.220. The van der Waals surface area contributed by atoms with Gasteiger partial charge in [-0.2, -0.15) is 0 Å². The number of carbonyl (C=O) groups is 1. The third kappa shape index (κ3) is 3.95. The average Bonchev–Trinajstić information content (AvgIpc) is 2.28. The maximum atomic E-state index is 12.3. The minimum Gasteiger partial charge on any atom is -0.296 e. The summed E-state index contributed by atoms with van der Waals surface area (Å²) in [6, 6.07) is 6.49. The van der Waals surface area contributed by atoms with Gasteiger partial charge in [0.05, 0.1) is 6.54 Å². The van der Waals surface area contributed by atoms with E-state index in [-0.39, 0.29) is 5.78 Å². The molecule has 0 bridgehead atoms. The predicted molar refractivity (Wildman–Crippen MR) is 77.2 cm³/mol. The Hall–Kier alpha value is -1.15. The van der Waals surface area contributed by atoms with E-state index in [0.717, 1.165) is 24.0 Å². The first kappa shape index (κ1) is 14.9. The van der Waals surface area contributed by atoms with Crippen LogP contribution in [-0.2, 0) is 0 Å². The van der Waals surface area contributed by atoms with Crippen LogP contribution in [0.25, 0.3) is 0 Å². The number of hydrogen-bond donors (Lipinski definition) is 0. The molecule has 1 unspecified atom stereocenters. The number of Topliss-reactive ketones (excluding diaryl/α,β-unsaturated/α-hetero) is 1. The van der Waals surface area contributed by atoms with Gasteiger partial charge < -0.3 is 0 Å². The zero-order valence-electron chi connectivity index (χ0n) is 12.3. The highest BCUT2D eigenvalue weighted by atomic mass is 16.1. The van der Waals surface area contributed by atoms with Crippen LogP contribution in [0.2, 0.25) is 0 Å². The molecular weight excluding hydrogens is 222 g/mol. The monoisotopic (exact) mass is 247 g/mol. The van der Waals surface area contributed by atoms with Crippen LogP contribution >= 0.6 is 0 Å². The zero-order valence-corrected chi connectivity index (χ0v) is 12.3. The third-order valence-electron chi connectivity index (χ3n) is 3.53. The minimum atomic E-state index is 0.220. The molecule has 0 saturated carbocycles. The summed E-state index contributed by atoms with van der Waals surface area (Å²) in [5.74, 6) is 0.220. The van der Waals surface area contributed by atoms with E-state index < -0.39 is 0 Å². The van der Waals surface area contributed by atoms with Gasteiger partial charge in [0.25, 0.3) is 0 Å².